The lowest BCUT2D eigenvalue weighted by molar-refractivity contribution is 0.584. The zero-order chi connectivity index (χ0) is 17.1. The second-order valence-electron chi connectivity index (χ2n) is 5.09. The Bertz CT molecular complexity index is 1010. The molecule has 0 aliphatic rings. The maximum Gasteiger partial charge on any atom is 0.262 e. The number of hydrogen-bond acceptors (Lipinski definition) is 5. The van der Waals surface area contributed by atoms with Crippen LogP contribution < -0.4 is 5.56 Å². The van der Waals surface area contributed by atoms with Crippen LogP contribution in [0.2, 0.25) is 5.02 Å². The van der Waals surface area contributed by atoms with Gasteiger partial charge in [0.2, 0.25) is 0 Å². The van der Waals surface area contributed by atoms with Crippen molar-refractivity contribution in [3.8, 4) is 6.07 Å². The van der Waals surface area contributed by atoms with E-state index < -0.39 is 0 Å². The number of halogens is 1. The number of aromatic nitrogens is 3. The van der Waals surface area contributed by atoms with E-state index in [2.05, 4.69) is 9.97 Å². The second-order valence-corrected chi connectivity index (χ2v) is 6.51. The number of fused-ring (bicyclic) bond motifs is 1. The van der Waals surface area contributed by atoms with Crippen LogP contribution >= 0.6 is 23.4 Å². The molecule has 3 rings (SSSR count). The van der Waals surface area contributed by atoms with E-state index in [1.165, 1.54) is 11.8 Å². The molecule has 0 aliphatic heterocycles. The van der Waals surface area contributed by atoms with Gasteiger partial charge in [-0.3, -0.25) is 9.36 Å². The molecule has 0 aliphatic carbocycles. The molecule has 0 atom stereocenters. The van der Waals surface area contributed by atoms with Crippen LogP contribution in [0.3, 0.4) is 0 Å². The summed E-state index contributed by atoms with van der Waals surface area (Å²) in [5.74, 6) is 0. The fraction of sp³-hybridized carbons (Fsp3) is 0.176. The SMILES string of the molecule is CCCn1c(Sc2cccc(C#N)n2)nc2cc(Cl)ccc2c1=O. The summed E-state index contributed by atoms with van der Waals surface area (Å²) < 4.78 is 1.64. The molecule has 0 bridgehead atoms. The quantitative estimate of drug-likeness (QED) is 0.663. The fourth-order valence-electron chi connectivity index (χ4n) is 2.30. The molecule has 7 heteroatoms. The molecule has 0 saturated carbocycles. The van der Waals surface area contributed by atoms with Crippen molar-refractivity contribution < 1.29 is 0 Å². The van der Waals surface area contributed by atoms with Crippen LogP contribution in [0.15, 0.2) is 51.4 Å². The lowest BCUT2D eigenvalue weighted by Crippen LogP contribution is -2.23. The number of nitriles is 1. The third-order valence-electron chi connectivity index (χ3n) is 3.36. The van der Waals surface area contributed by atoms with Crippen molar-refractivity contribution in [1.82, 2.24) is 14.5 Å². The molecular weight excluding hydrogens is 344 g/mol. The molecule has 2 heterocycles. The van der Waals surface area contributed by atoms with Crippen molar-refractivity contribution in [2.24, 2.45) is 0 Å². The van der Waals surface area contributed by atoms with Crippen molar-refractivity contribution in [2.45, 2.75) is 30.1 Å². The minimum atomic E-state index is -0.0996. The summed E-state index contributed by atoms with van der Waals surface area (Å²) >= 11 is 7.29. The van der Waals surface area contributed by atoms with Crippen molar-refractivity contribution in [1.29, 1.82) is 5.26 Å². The second kappa shape index (κ2) is 7.04. The van der Waals surface area contributed by atoms with E-state index in [1.54, 1.807) is 41.0 Å². The van der Waals surface area contributed by atoms with Gasteiger partial charge in [0.25, 0.3) is 5.56 Å². The van der Waals surface area contributed by atoms with Gasteiger partial charge in [0.15, 0.2) is 5.16 Å². The van der Waals surface area contributed by atoms with Crippen LogP contribution in [-0.4, -0.2) is 14.5 Å². The third kappa shape index (κ3) is 3.28. The first-order valence-corrected chi connectivity index (χ1v) is 8.57. The van der Waals surface area contributed by atoms with Gasteiger partial charge < -0.3 is 0 Å². The van der Waals surface area contributed by atoms with Crippen LogP contribution in [0.1, 0.15) is 19.0 Å². The van der Waals surface area contributed by atoms with E-state index in [9.17, 15) is 4.79 Å². The van der Waals surface area contributed by atoms with Gasteiger partial charge in [-0.1, -0.05) is 24.6 Å². The lowest BCUT2D eigenvalue weighted by Gasteiger charge is -2.12. The Balaban J connectivity index is 2.16. The van der Waals surface area contributed by atoms with E-state index in [0.29, 0.717) is 38.3 Å². The Morgan fingerprint density at radius 2 is 2.12 bits per heavy atom. The molecule has 0 spiro atoms. The van der Waals surface area contributed by atoms with Crippen molar-refractivity contribution in [3.63, 3.8) is 0 Å². The van der Waals surface area contributed by atoms with Gasteiger partial charge in [0, 0.05) is 11.6 Å². The topological polar surface area (TPSA) is 71.6 Å². The zero-order valence-electron chi connectivity index (χ0n) is 12.9. The first-order valence-electron chi connectivity index (χ1n) is 7.37. The summed E-state index contributed by atoms with van der Waals surface area (Å²) in [5, 5.41) is 11.2. The highest BCUT2D eigenvalue weighted by molar-refractivity contribution is 7.99. The molecule has 24 heavy (non-hydrogen) atoms. The van der Waals surface area contributed by atoms with Crippen LogP contribution in [0.4, 0.5) is 0 Å². The average molecular weight is 357 g/mol. The molecule has 0 fully saturated rings. The number of pyridine rings is 1. The molecule has 1 aromatic carbocycles. The highest BCUT2D eigenvalue weighted by atomic mass is 35.5. The maximum atomic E-state index is 12.8. The summed E-state index contributed by atoms with van der Waals surface area (Å²) in [6.45, 7) is 2.56. The summed E-state index contributed by atoms with van der Waals surface area (Å²) in [4.78, 5) is 21.6. The Morgan fingerprint density at radius 1 is 1.29 bits per heavy atom. The van der Waals surface area contributed by atoms with E-state index >= 15 is 0 Å². The maximum absolute atomic E-state index is 12.8. The normalized spacial score (nSPS) is 10.7. The molecular formula is C17H13ClN4OS. The summed E-state index contributed by atoms with van der Waals surface area (Å²) in [6, 6.07) is 12.3. The van der Waals surface area contributed by atoms with Crippen molar-refractivity contribution in [3.05, 3.63) is 57.5 Å². The molecule has 0 amide bonds. The van der Waals surface area contributed by atoms with E-state index in [0.717, 1.165) is 6.42 Å². The minimum Gasteiger partial charge on any atom is -0.287 e. The lowest BCUT2D eigenvalue weighted by atomic mass is 10.2. The molecule has 0 radical (unpaired) electrons. The highest BCUT2D eigenvalue weighted by Crippen LogP contribution is 2.26. The summed E-state index contributed by atoms with van der Waals surface area (Å²) in [7, 11) is 0. The monoisotopic (exact) mass is 356 g/mol. The average Bonchev–Trinajstić information content (AvgIpc) is 2.58. The summed E-state index contributed by atoms with van der Waals surface area (Å²) in [6.07, 6.45) is 0.805. The van der Waals surface area contributed by atoms with Gasteiger partial charge >= 0.3 is 0 Å². The van der Waals surface area contributed by atoms with Crippen LogP contribution in [0.5, 0.6) is 0 Å². The van der Waals surface area contributed by atoms with Crippen LogP contribution in [0, 0.1) is 11.3 Å². The number of benzene rings is 1. The largest absolute Gasteiger partial charge is 0.287 e. The number of nitrogens with zero attached hydrogens (tertiary/aromatic N) is 4. The Hall–Kier alpha value is -2.36. The molecule has 0 saturated heterocycles. The summed E-state index contributed by atoms with van der Waals surface area (Å²) in [5.41, 5.74) is 0.782. The molecule has 3 aromatic rings. The van der Waals surface area contributed by atoms with E-state index in [1.807, 2.05) is 13.0 Å². The minimum absolute atomic E-state index is 0.0996. The van der Waals surface area contributed by atoms with Crippen molar-refractivity contribution in [2.75, 3.05) is 0 Å². The Morgan fingerprint density at radius 3 is 2.88 bits per heavy atom. The molecule has 0 unspecified atom stereocenters. The third-order valence-corrected chi connectivity index (χ3v) is 4.53. The van der Waals surface area contributed by atoms with Gasteiger partial charge in [-0.25, -0.2) is 9.97 Å². The van der Waals surface area contributed by atoms with E-state index in [-0.39, 0.29) is 5.56 Å². The molecule has 120 valence electrons. The zero-order valence-corrected chi connectivity index (χ0v) is 14.4. The Kier molecular flexibility index (Phi) is 4.84. The van der Waals surface area contributed by atoms with Gasteiger partial charge in [-0.05, 0) is 48.5 Å². The first kappa shape index (κ1) is 16.5. The van der Waals surface area contributed by atoms with Crippen LogP contribution in [-0.2, 0) is 6.54 Å². The van der Waals surface area contributed by atoms with Gasteiger partial charge in [0.1, 0.15) is 16.8 Å². The highest BCUT2D eigenvalue weighted by Gasteiger charge is 2.13. The molecule has 0 N–H and O–H groups in total. The van der Waals surface area contributed by atoms with Gasteiger partial charge in [0.05, 0.1) is 10.9 Å². The van der Waals surface area contributed by atoms with Gasteiger partial charge in [-0.2, -0.15) is 5.26 Å². The Labute approximate surface area is 147 Å². The molecule has 2 aromatic heterocycles. The first-order chi connectivity index (χ1) is 11.6. The van der Waals surface area contributed by atoms with Crippen LogP contribution in [0.25, 0.3) is 10.9 Å². The standard InChI is InChI=1S/C17H13ClN4OS/c1-2-8-22-16(23)13-7-6-11(18)9-14(13)21-17(22)24-15-5-3-4-12(10-19)20-15/h3-7,9H,2,8H2,1H3. The number of hydrogen-bond donors (Lipinski definition) is 0. The van der Waals surface area contributed by atoms with Gasteiger partial charge in [-0.15, -0.1) is 0 Å². The molecule has 5 nitrogen and oxygen atoms in total. The van der Waals surface area contributed by atoms with Crippen molar-refractivity contribution >= 4 is 34.3 Å². The predicted molar refractivity (Wildman–Crippen MR) is 94.4 cm³/mol. The number of rotatable bonds is 4. The van der Waals surface area contributed by atoms with E-state index in [4.69, 9.17) is 16.9 Å². The predicted octanol–water partition coefficient (Wildman–Crippen LogP) is 3.88. The fourth-order valence-corrected chi connectivity index (χ4v) is 3.37. The smallest absolute Gasteiger partial charge is 0.262 e.